The van der Waals surface area contributed by atoms with Crippen LogP contribution in [0.2, 0.25) is 0 Å². The van der Waals surface area contributed by atoms with Crippen molar-refractivity contribution < 1.29 is 14.4 Å². The molecule has 3 saturated carbocycles. The summed E-state index contributed by atoms with van der Waals surface area (Å²) in [5.41, 5.74) is -0.0947. The molecule has 0 radical (unpaired) electrons. The Morgan fingerprint density at radius 3 is 2.70 bits per heavy atom. The summed E-state index contributed by atoms with van der Waals surface area (Å²) in [4.78, 5) is 37.2. The monoisotopic (exact) mass is 332 g/mol. The first kappa shape index (κ1) is 15.3. The zero-order chi connectivity index (χ0) is 16.6. The first-order valence-electron chi connectivity index (χ1n) is 8.43. The summed E-state index contributed by atoms with van der Waals surface area (Å²) in [6.07, 6.45) is 7.55. The van der Waals surface area contributed by atoms with Crippen molar-refractivity contribution in [2.45, 2.75) is 44.9 Å². The molecule has 4 rings (SSSR count). The van der Waals surface area contributed by atoms with Gasteiger partial charge in [0.2, 0.25) is 0 Å². The van der Waals surface area contributed by atoms with Gasteiger partial charge in [0, 0.05) is 29.6 Å². The molecule has 3 fully saturated rings. The molecular formula is C19H21ClO3. The molecule has 0 saturated heterocycles. The number of carbonyl (C=O) groups excluding carboxylic acids is 3. The number of hydrogen-bond donors (Lipinski definition) is 0. The Hall–Kier alpha value is -1.22. The predicted octanol–water partition coefficient (Wildman–Crippen LogP) is 3.26. The van der Waals surface area contributed by atoms with Crippen LogP contribution in [0, 0.1) is 28.6 Å². The van der Waals surface area contributed by atoms with Gasteiger partial charge >= 0.3 is 0 Å². The summed E-state index contributed by atoms with van der Waals surface area (Å²) >= 11 is 6.63. The third-order valence-electron chi connectivity index (χ3n) is 6.95. The number of ketones is 3. The number of Topliss-reactive ketones (excluding diaryl/α,β-unsaturated/α-hetero) is 2. The van der Waals surface area contributed by atoms with E-state index in [0.29, 0.717) is 19.3 Å². The summed E-state index contributed by atoms with van der Waals surface area (Å²) in [5, 5.41) is -0.235. The second kappa shape index (κ2) is 4.66. The first-order chi connectivity index (χ1) is 10.8. The van der Waals surface area contributed by atoms with E-state index in [1.807, 2.05) is 19.9 Å². The highest BCUT2D eigenvalue weighted by Crippen LogP contribution is 2.63. The molecule has 0 amide bonds. The smallest absolute Gasteiger partial charge is 0.178 e. The molecule has 4 aliphatic rings. The molecule has 0 heterocycles. The van der Waals surface area contributed by atoms with Gasteiger partial charge in [0.25, 0.3) is 0 Å². The highest BCUT2D eigenvalue weighted by molar-refractivity contribution is 6.23. The Balaban J connectivity index is 1.82. The van der Waals surface area contributed by atoms with E-state index in [9.17, 15) is 14.4 Å². The van der Waals surface area contributed by atoms with Gasteiger partial charge in [0.1, 0.15) is 11.6 Å². The van der Waals surface area contributed by atoms with Gasteiger partial charge in [-0.05, 0) is 42.4 Å². The molecule has 4 aliphatic carbocycles. The molecule has 0 aromatic heterocycles. The summed E-state index contributed by atoms with van der Waals surface area (Å²) in [7, 11) is 0. The summed E-state index contributed by atoms with van der Waals surface area (Å²) in [5.74, 6) is 0.572. The molecule has 0 spiro atoms. The highest BCUT2D eigenvalue weighted by atomic mass is 35.5. The number of halogens is 1. The van der Waals surface area contributed by atoms with Crippen molar-refractivity contribution in [1.29, 1.82) is 0 Å². The second-order valence-electron chi connectivity index (χ2n) is 8.09. The SMILES string of the molecule is C[C@]12C=CC(=O)C=C1C(Cl)C[C@@H]1[C@@H]2C(=O)C[C@]2(C)C(=O)CC[C@@H]12. The quantitative estimate of drug-likeness (QED) is 0.640. The lowest BCUT2D eigenvalue weighted by Crippen LogP contribution is -2.56. The first-order valence-corrected chi connectivity index (χ1v) is 8.86. The molecule has 4 heteroatoms. The molecule has 1 unspecified atom stereocenters. The predicted molar refractivity (Wildman–Crippen MR) is 87.0 cm³/mol. The Morgan fingerprint density at radius 1 is 1.22 bits per heavy atom. The Labute approximate surface area is 141 Å². The fourth-order valence-electron chi connectivity index (χ4n) is 5.82. The average molecular weight is 333 g/mol. The van der Waals surface area contributed by atoms with Gasteiger partial charge in [-0.3, -0.25) is 14.4 Å². The van der Waals surface area contributed by atoms with Gasteiger partial charge < -0.3 is 0 Å². The van der Waals surface area contributed by atoms with Crippen LogP contribution in [0.25, 0.3) is 0 Å². The molecule has 23 heavy (non-hydrogen) atoms. The lowest BCUT2D eigenvalue weighted by Gasteiger charge is -2.55. The fourth-order valence-corrected chi connectivity index (χ4v) is 6.33. The minimum Gasteiger partial charge on any atom is -0.299 e. The molecule has 0 bridgehead atoms. The van der Waals surface area contributed by atoms with Crippen molar-refractivity contribution in [1.82, 2.24) is 0 Å². The molecule has 0 aromatic rings. The zero-order valence-corrected chi connectivity index (χ0v) is 14.2. The van der Waals surface area contributed by atoms with Crippen molar-refractivity contribution >= 4 is 29.0 Å². The van der Waals surface area contributed by atoms with Crippen LogP contribution in [0.15, 0.2) is 23.8 Å². The van der Waals surface area contributed by atoms with Gasteiger partial charge in [-0.1, -0.05) is 19.9 Å². The zero-order valence-electron chi connectivity index (χ0n) is 13.5. The third kappa shape index (κ3) is 1.86. The highest BCUT2D eigenvalue weighted by Gasteiger charge is 2.63. The van der Waals surface area contributed by atoms with Crippen LogP contribution < -0.4 is 0 Å². The number of carbonyl (C=O) groups is 3. The summed E-state index contributed by atoms with van der Waals surface area (Å²) in [6, 6.07) is 0. The summed E-state index contributed by atoms with van der Waals surface area (Å²) in [6.45, 7) is 4.00. The Bertz CT molecular complexity index is 691. The lowest BCUT2D eigenvalue weighted by molar-refractivity contribution is -0.147. The molecule has 122 valence electrons. The van der Waals surface area contributed by atoms with Gasteiger partial charge in [-0.15, -0.1) is 11.6 Å². The normalized spacial score (nSPS) is 48.7. The summed E-state index contributed by atoms with van der Waals surface area (Å²) < 4.78 is 0. The number of allylic oxidation sites excluding steroid dienone is 4. The molecule has 0 aromatic carbocycles. The van der Waals surface area contributed by atoms with Gasteiger partial charge in [0.15, 0.2) is 5.78 Å². The largest absolute Gasteiger partial charge is 0.299 e. The Morgan fingerprint density at radius 2 is 1.96 bits per heavy atom. The van der Waals surface area contributed by atoms with E-state index >= 15 is 0 Å². The second-order valence-corrected chi connectivity index (χ2v) is 8.62. The number of alkyl halides is 1. The number of fused-ring (bicyclic) bond motifs is 5. The van der Waals surface area contributed by atoms with E-state index in [4.69, 9.17) is 11.6 Å². The maximum atomic E-state index is 13.0. The third-order valence-corrected chi connectivity index (χ3v) is 7.36. The fraction of sp³-hybridized carbons (Fsp3) is 0.632. The van der Waals surface area contributed by atoms with Crippen LogP contribution in [-0.4, -0.2) is 22.7 Å². The standard InChI is InChI=1S/C19H21ClO3/c1-18-6-5-10(21)7-13(18)14(20)8-11-12-3-4-16(23)19(12,2)9-15(22)17(11)18/h5-7,11-12,14,17H,3-4,8-9H2,1-2H3/t11-,12-,14?,17+,18-,19-/m0/s1. The van der Waals surface area contributed by atoms with Crippen molar-refractivity contribution in [3.63, 3.8) is 0 Å². The molecule has 6 atom stereocenters. The topological polar surface area (TPSA) is 51.2 Å². The van der Waals surface area contributed by atoms with Crippen LogP contribution in [-0.2, 0) is 14.4 Å². The molecule has 3 nitrogen and oxygen atoms in total. The van der Waals surface area contributed by atoms with Crippen LogP contribution in [0.1, 0.15) is 39.5 Å². The minimum atomic E-state index is -0.499. The number of hydrogen-bond acceptors (Lipinski definition) is 3. The van der Waals surface area contributed by atoms with Crippen LogP contribution >= 0.6 is 11.6 Å². The van der Waals surface area contributed by atoms with Crippen molar-refractivity contribution in [3.05, 3.63) is 23.8 Å². The van der Waals surface area contributed by atoms with Crippen molar-refractivity contribution in [3.8, 4) is 0 Å². The van der Waals surface area contributed by atoms with E-state index in [1.165, 1.54) is 0 Å². The Kier molecular flexibility index (Phi) is 3.10. The van der Waals surface area contributed by atoms with Gasteiger partial charge in [-0.25, -0.2) is 0 Å². The molecule has 0 aliphatic heterocycles. The number of rotatable bonds is 0. The lowest BCUT2D eigenvalue weighted by atomic mass is 9.48. The average Bonchev–Trinajstić information content (AvgIpc) is 2.76. The minimum absolute atomic E-state index is 0.0503. The van der Waals surface area contributed by atoms with E-state index in [1.54, 1.807) is 12.2 Å². The molecule has 0 N–H and O–H groups in total. The van der Waals surface area contributed by atoms with Crippen molar-refractivity contribution in [2.24, 2.45) is 28.6 Å². The van der Waals surface area contributed by atoms with E-state index in [-0.39, 0.29) is 40.5 Å². The van der Waals surface area contributed by atoms with Gasteiger partial charge in [0.05, 0.1) is 5.38 Å². The van der Waals surface area contributed by atoms with E-state index < -0.39 is 10.8 Å². The van der Waals surface area contributed by atoms with Crippen LogP contribution in [0.5, 0.6) is 0 Å². The maximum Gasteiger partial charge on any atom is 0.178 e. The van der Waals surface area contributed by atoms with Crippen LogP contribution in [0.4, 0.5) is 0 Å². The maximum absolute atomic E-state index is 13.0. The van der Waals surface area contributed by atoms with Gasteiger partial charge in [-0.2, -0.15) is 0 Å². The molecular weight excluding hydrogens is 312 g/mol. The van der Waals surface area contributed by atoms with E-state index in [0.717, 1.165) is 12.0 Å². The van der Waals surface area contributed by atoms with E-state index in [2.05, 4.69) is 0 Å². The van der Waals surface area contributed by atoms with Crippen molar-refractivity contribution in [2.75, 3.05) is 0 Å². The van der Waals surface area contributed by atoms with Crippen LogP contribution in [0.3, 0.4) is 0 Å².